The third kappa shape index (κ3) is 4.42. The predicted octanol–water partition coefficient (Wildman–Crippen LogP) is 2.39. The second-order valence-corrected chi connectivity index (χ2v) is 7.61. The molecule has 2 N–H and O–H groups in total. The smallest absolute Gasteiger partial charge is 0.322 e. The molecule has 0 spiro atoms. The van der Waals surface area contributed by atoms with Crippen molar-refractivity contribution in [1.29, 1.82) is 0 Å². The lowest BCUT2D eigenvalue weighted by atomic mass is 10.0. The van der Waals surface area contributed by atoms with E-state index in [2.05, 4.69) is 0 Å². The van der Waals surface area contributed by atoms with E-state index >= 15 is 0 Å². The third-order valence-corrected chi connectivity index (χ3v) is 5.21. The number of likely N-dealkylation sites (N-methyl/N-ethyl adjacent to an activating group) is 1. The molecular formula is C23H27FN4O2. The van der Waals surface area contributed by atoms with Crippen LogP contribution in [0.3, 0.4) is 0 Å². The first kappa shape index (κ1) is 21.7. The molecule has 1 atom stereocenters. The van der Waals surface area contributed by atoms with Crippen molar-refractivity contribution < 1.29 is 4.39 Å². The molecular weight excluding hydrogens is 383 g/mol. The van der Waals surface area contributed by atoms with Crippen LogP contribution < -0.4 is 17.0 Å². The van der Waals surface area contributed by atoms with Gasteiger partial charge >= 0.3 is 5.69 Å². The Morgan fingerprint density at radius 2 is 1.63 bits per heavy atom. The van der Waals surface area contributed by atoms with Crippen LogP contribution in [0.4, 0.5) is 4.39 Å². The number of hydrogen-bond acceptors (Lipinski definition) is 4. The normalized spacial score (nSPS) is 12.3. The van der Waals surface area contributed by atoms with Gasteiger partial charge in [0.2, 0.25) is 0 Å². The van der Waals surface area contributed by atoms with Gasteiger partial charge in [-0.3, -0.25) is 13.9 Å². The SMILES string of the molecule is Cc1c(-c2ccccc2F)c(=O)n(C[C@H](N)c2ccccc2)c(=O)n1CCN(C)C. The van der Waals surface area contributed by atoms with Gasteiger partial charge in [-0.25, -0.2) is 9.18 Å². The summed E-state index contributed by atoms with van der Waals surface area (Å²) in [5.41, 5.74) is 6.96. The van der Waals surface area contributed by atoms with Crippen LogP contribution in [0.25, 0.3) is 11.1 Å². The highest BCUT2D eigenvalue weighted by atomic mass is 19.1. The first-order valence-corrected chi connectivity index (χ1v) is 9.85. The summed E-state index contributed by atoms with van der Waals surface area (Å²) >= 11 is 0. The lowest BCUT2D eigenvalue weighted by molar-refractivity contribution is 0.370. The number of rotatable bonds is 7. The molecule has 0 saturated carbocycles. The maximum absolute atomic E-state index is 14.6. The number of aromatic nitrogens is 2. The van der Waals surface area contributed by atoms with Crippen molar-refractivity contribution in [2.45, 2.75) is 26.1 Å². The fourth-order valence-electron chi connectivity index (χ4n) is 3.50. The molecule has 2 aromatic carbocycles. The van der Waals surface area contributed by atoms with E-state index in [4.69, 9.17) is 5.73 Å². The summed E-state index contributed by atoms with van der Waals surface area (Å²) < 4.78 is 17.2. The highest BCUT2D eigenvalue weighted by molar-refractivity contribution is 5.65. The molecule has 3 aromatic rings. The molecule has 0 bridgehead atoms. The monoisotopic (exact) mass is 410 g/mol. The lowest BCUT2D eigenvalue weighted by Gasteiger charge is -2.21. The summed E-state index contributed by atoms with van der Waals surface area (Å²) in [5.74, 6) is -0.505. The van der Waals surface area contributed by atoms with Gasteiger partial charge in [-0.1, -0.05) is 48.5 Å². The second kappa shape index (κ2) is 9.19. The molecule has 0 saturated heterocycles. The zero-order chi connectivity index (χ0) is 21.8. The number of nitrogens with zero attached hydrogens (tertiary/aromatic N) is 3. The van der Waals surface area contributed by atoms with Crippen LogP contribution >= 0.6 is 0 Å². The summed E-state index contributed by atoms with van der Waals surface area (Å²) in [6.07, 6.45) is 0. The van der Waals surface area contributed by atoms with E-state index in [9.17, 15) is 14.0 Å². The minimum Gasteiger partial charge on any atom is -0.322 e. The van der Waals surface area contributed by atoms with E-state index in [0.29, 0.717) is 18.8 Å². The molecule has 1 heterocycles. The molecule has 0 fully saturated rings. The average Bonchev–Trinajstić information content (AvgIpc) is 2.72. The molecule has 158 valence electrons. The van der Waals surface area contributed by atoms with E-state index in [-0.39, 0.29) is 17.7 Å². The lowest BCUT2D eigenvalue weighted by Crippen LogP contribution is -2.45. The Morgan fingerprint density at radius 3 is 2.27 bits per heavy atom. The maximum atomic E-state index is 14.6. The standard InChI is InChI=1S/C23H27FN4O2/c1-16-21(18-11-7-8-12-19(18)24)22(29)28(23(30)27(16)14-13-26(2)3)15-20(25)17-9-5-4-6-10-17/h4-12,20H,13-15,25H2,1-3H3/t20-/m0/s1. The number of benzene rings is 2. The minimum atomic E-state index is -0.546. The van der Waals surface area contributed by atoms with E-state index in [0.717, 1.165) is 10.1 Å². The van der Waals surface area contributed by atoms with Crippen molar-refractivity contribution >= 4 is 0 Å². The molecule has 7 heteroatoms. The van der Waals surface area contributed by atoms with E-state index in [1.807, 2.05) is 49.3 Å². The molecule has 0 radical (unpaired) electrons. The Hall–Kier alpha value is -3.03. The van der Waals surface area contributed by atoms with Crippen LogP contribution in [0, 0.1) is 12.7 Å². The first-order chi connectivity index (χ1) is 14.3. The molecule has 0 aliphatic rings. The van der Waals surface area contributed by atoms with Crippen LogP contribution in [0.1, 0.15) is 17.3 Å². The first-order valence-electron chi connectivity index (χ1n) is 9.85. The molecule has 30 heavy (non-hydrogen) atoms. The van der Waals surface area contributed by atoms with Crippen molar-refractivity contribution in [3.8, 4) is 11.1 Å². The Labute approximate surface area is 175 Å². The average molecular weight is 410 g/mol. The number of nitrogens with two attached hydrogens (primary N) is 1. The summed E-state index contributed by atoms with van der Waals surface area (Å²) in [7, 11) is 3.80. The highest BCUT2D eigenvalue weighted by Crippen LogP contribution is 2.22. The summed E-state index contributed by atoms with van der Waals surface area (Å²) in [6, 6.07) is 14.9. The van der Waals surface area contributed by atoms with Crippen LogP contribution in [-0.2, 0) is 13.1 Å². The van der Waals surface area contributed by atoms with E-state index < -0.39 is 23.1 Å². The summed E-state index contributed by atoms with van der Waals surface area (Å²) in [5, 5.41) is 0. The van der Waals surface area contributed by atoms with Crippen LogP contribution in [0.15, 0.2) is 64.2 Å². The molecule has 1 aromatic heterocycles. The Morgan fingerprint density at radius 1 is 1.00 bits per heavy atom. The van der Waals surface area contributed by atoms with Crippen LogP contribution in [0.2, 0.25) is 0 Å². The highest BCUT2D eigenvalue weighted by Gasteiger charge is 2.21. The maximum Gasteiger partial charge on any atom is 0.331 e. The molecule has 0 aliphatic carbocycles. The zero-order valence-electron chi connectivity index (χ0n) is 17.5. The molecule has 0 unspecified atom stereocenters. The van der Waals surface area contributed by atoms with Crippen molar-refractivity contribution in [3.63, 3.8) is 0 Å². The minimum absolute atomic E-state index is 0.00533. The van der Waals surface area contributed by atoms with Gasteiger partial charge in [-0.2, -0.15) is 0 Å². The fraction of sp³-hybridized carbons (Fsp3) is 0.304. The topological polar surface area (TPSA) is 73.3 Å². The molecule has 6 nitrogen and oxygen atoms in total. The number of halogens is 1. The summed E-state index contributed by atoms with van der Waals surface area (Å²) in [4.78, 5) is 28.5. The molecule has 3 rings (SSSR count). The van der Waals surface area contributed by atoms with Crippen molar-refractivity contribution in [3.05, 3.63) is 92.5 Å². The van der Waals surface area contributed by atoms with Gasteiger partial charge < -0.3 is 10.6 Å². The van der Waals surface area contributed by atoms with Gasteiger partial charge in [0.1, 0.15) is 5.82 Å². The van der Waals surface area contributed by atoms with Gasteiger partial charge in [-0.05, 0) is 32.6 Å². The van der Waals surface area contributed by atoms with Gasteiger partial charge in [0, 0.05) is 30.4 Å². The second-order valence-electron chi connectivity index (χ2n) is 7.61. The van der Waals surface area contributed by atoms with Gasteiger partial charge in [0.05, 0.1) is 12.1 Å². The Bertz CT molecular complexity index is 1140. The zero-order valence-corrected chi connectivity index (χ0v) is 17.5. The van der Waals surface area contributed by atoms with E-state index in [1.165, 1.54) is 10.6 Å². The summed E-state index contributed by atoms with van der Waals surface area (Å²) in [6.45, 7) is 2.66. The van der Waals surface area contributed by atoms with Gasteiger partial charge in [-0.15, -0.1) is 0 Å². The van der Waals surface area contributed by atoms with E-state index in [1.54, 1.807) is 25.1 Å². The van der Waals surface area contributed by atoms with Crippen LogP contribution in [0.5, 0.6) is 0 Å². The Kier molecular flexibility index (Phi) is 6.64. The van der Waals surface area contributed by atoms with Crippen molar-refractivity contribution in [2.24, 2.45) is 5.73 Å². The molecule has 0 aliphatic heterocycles. The fourth-order valence-corrected chi connectivity index (χ4v) is 3.50. The molecule has 0 amide bonds. The predicted molar refractivity (Wildman–Crippen MR) is 117 cm³/mol. The van der Waals surface area contributed by atoms with Gasteiger partial charge in [0.15, 0.2) is 0 Å². The van der Waals surface area contributed by atoms with Crippen molar-refractivity contribution in [2.75, 3.05) is 20.6 Å². The number of hydrogen-bond donors (Lipinski definition) is 1. The van der Waals surface area contributed by atoms with Crippen LogP contribution in [-0.4, -0.2) is 34.7 Å². The third-order valence-electron chi connectivity index (χ3n) is 5.21. The van der Waals surface area contributed by atoms with Crippen molar-refractivity contribution in [1.82, 2.24) is 14.0 Å². The quantitative estimate of drug-likeness (QED) is 0.649. The van der Waals surface area contributed by atoms with Gasteiger partial charge in [0.25, 0.3) is 5.56 Å². The largest absolute Gasteiger partial charge is 0.331 e. The Balaban J connectivity index is 2.19.